The van der Waals surface area contributed by atoms with Crippen molar-refractivity contribution in [3.05, 3.63) is 33.4 Å². The van der Waals surface area contributed by atoms with Gasteiger partial charge in [-0.25, -0.2) is 4.79 Å². The molecule has 4 amide bonds. The number of nitrogens with one attached hydrogen (secondary N) is 2. The zero-order valence-electron chi connectivity index (χ0n) is 10.5. The summed E-state index contributed by atoms with van der Waals surface area (Å²) in [6, 6.07) is 6.81. The minimum Gasteiger partial charge on any atom is -0.336 e. The van der Waals surface area contributed by atoms with E-state index in [-0.39, 0.29) is 18.4 Å². The molecule has 2 fully saturated rings. The summed E-state index contributed by atoms with van der Waals surface area (Å²) in [5.74, 6) is -0.463. The lowest BCUT2D eigenvalue weighted by Gasteiger charge is -2.21. The van der Waals surface area contributed by atoms with Gasteiger partial charge in [0.15, 0.2) is 0 Å². The molecule has 0 aliphatic carbocycles. The van der Waals surface area contributed by atoms with Gasteiger partial charge in [0.2, 0.25) is 0 Å². The molecule has 0 aromatic heterocycles. The first-order chi connectivity index (χ1) is 9.50. The van der Waals surface area contributed by atoms with Gasteiger partial charge in [0.05, 0.1) is 6.54 Å². The van der Waals surface area contributed by atoms with E-state index < -0.39 is 11.6 Å². The third kappa shape index (κ3) is 2.15. The second-order valence-electron chi connectivity index (χ2n) is 4.98. The Kier molecular flexibility index (Phi) is 3.15. The molecule has 0 saturated carbocycles. The van der Waals surface area contributed by atoms with Gasteiger partial charge in [0.1, 0.15) is 5.54 Å². The van der Waals surface area contributed by atoms with Crippen molar-refractivity contribution in [2.75, 3.05) is 13.1 Å². The highest BCUT2D eigenvalue weighted by molar-refractivity contribution is 14.1. The Morgan fingerprint density at radius 1 is 1.35 bits per heavy atom. The van der Waals surface area contributed by atoms with Crippen LogP contribution in [0.15, 0.2) is 24.3 Å². The van der Waals surface area contributed by atoms with E-state index in [4.69, 9.17) is 0 Å². The van der Waals surface area contributed by atoms with Crippen molar-refractivity contribution in [2.24, 2.45) is 0 Å². The number of nitrogens with zero attached hydrogens (tertiary/aromatic N) is 1. The molecule has 104 valence electrons. The van der Waals surface area contributed by atoms with Crippen LogP contribution in [0.3, 0.4) is 0 Å². The molecule has 6 nitrogen and oxygen atoms in total. The van der Waals surface area contributed by atoms with Crippen molar-refractivity contribution >= 4 is 40.4 Å². The summed E-state index contributed by atoms with van der Waals surface area (Å²) >= 11 is 2.15. The first-order valence-electron chi connectivity index (χ1n) is 6.19. The molecule has 1 aromatic carbocycles. The van der Waals surface area contributed by atoms with Gasteiger partial charge in [-0.3, -0.25) is 14.9 Å². The lowest BCUT2D eigenvalue weighted by atomic mass is 9.99. The van der Waals surface area contributed by atoms with Gasteiger partial charge in [0.25, 0.3) is 11.8 Å². The van der Waals surface area contributed by atoms with E-state index in [0.717, 1.165) is 3.57 Å². The van der Waals surface area contributed by atoms with Crippen molar-refractivity contribution < 1.29 is 14.4 Å². The molecular formula is C13H12IN3O3. The van der Waals surface area contributed by atoms with E-state index in [1.807, 2.05) is 12.1 Å². The standard InChI is InChI=1S/C13H12IN3O3/c14-9-3-1-2-8(6-9)10(18)17-5-4-13(7-17)11(19)15-12(20)16-13/h1-3,6H,4-5,7H2,(H2,15,16,19,20). The number of likely N-dealkylation sites (tertiary alicyclic amines) is 1. The van der Waals surface area contributed by atoms with Crippen LogP contribution in [0.5, 0.6) is 0 Å². The average Bonchev–Trinajstić information content (AvgIpc) is 2.94. The second-order valence-corrected chi connectivity index (χ2v) is 6.22. The number of rotatable bonds is 1. The number of urea groups is 1. The van der Waals surface area contributed by atoms with Gasteiger partial charge < -0.3 is 10.2 Å². The van der Waals surface area contributed by atoms with Crippen LogP contribution in [0, 0.1) is 3.57 Å². The minimum atomic E-state index is -0.950. The Bertz CT molecular complexity index is 619. The molecule has 0 bridgehead atoms. The average molecular weight is 385 g/mol. The number of carbonyl (C=O) groups is 3. The molecule has 1 unspecified atom stereocenters. The van der Waals surface area contributed by atoms with Crippen molar-refractivity contribution in [3.63, 3.8) is 0 Å². The highest BCUT2D eigenvalue weighted by Gasteiger charge is 2.51. The minimum absolute atomic E-state index is 0.116. The molecule has 1 atom stereocenters. The fourth-order valence-electron chi connectivity index (χ4n) is 2.60. The van der Waals surface area contributed by atoms with Crippen molar-refractivity contribution in [3.8, 4) is 0 Å². The first kappa shape index (κ1) is 13.3. The monoisotopic (exact) mass is 385 g/mol. The highest BCUT2D eigenvalue weighted by atomic mass is 127. The maximum absolute atomic E-state index is 12.4. The quantitative estimate of drug-likeness (QED) is 0.553. The van der Waals surface area contributed by atoms with E-state index in [9.17, 15) is 14.4 Å². The lowest BCUT2D eigenvalue weighted by molar-refractivity contribution is -0.123. The zero-order valence-corrected chi connectivity index (χ0v) is 12.6. The summed E-state index contributed by atoms with van der Waals surface area (Å²) in [6.45, 7) is 0.673. The normalized spacial score (nSPS) is 24.9. The molecule has 20 heavy (non-hydrogen) atoms. The fourth-order valence-corrected chi connectivity index (χ4v) is 3.15. The second kappa shape index (κ2) is 4.72. The lowest BCUT2D eigenvalue weighted by Crippen LogP contribution is -2.49. The van der Waals surface area contributed by atoms with E-state index in [2.05, 4.69) is 33.2 Å². The van der Waals surface area contributed by atoms with Crippen molar-refractivity contribution in [1.82, 2.24) is 15.5 Å². The topological polar surface area (TPSA) is 78.5 Å². The smallest absolute Gasteiger partial charge is 0.322 e. The molecule has 2 saturated heterocycles. The van der Waals surface area contributed by atoms with Gasteiger partial charge >= 0.3 is 6.03 Å². The Labute approximate surface area is 129 Å². The van der Waals surface area contributed by atoms with Crippen LogP contribution >= 0.6 is 22.6 Å². The first-order valence-corrected chi connectivity index (χ1v) is 7.26. The van der Waals surface area contributed by atoms with Gasteiger partial charge in [-0.2, -0.15) is 0 Å². The number of benzene rings is 1. The molecule has 0 radical (unpaired) electrons. The van der Waals surface area contributed by atoms with Gasteiger partial charge in [-0.15, -0.1) is 0 Å². The number of halogens is 1. The Morgan fingerprint density at radius 2 is 2.15 bits per heavy atom. The predicted octanol–water partition coefficient (Wildman–Crippen LogP) is 0.715. The number of hydrogen-bond acceptors (Lipinski definition) is 3. The largest absolute Gasteiger partial charge is 0.336 e. The van der Waals surface area contributed by atoms with E-state index in [1.54, 1.807) is 17.0 Å². The molecule has 2 aliphatic heterocycles. The van der Waals surface area contributed by atoms with Crippen LogP contribution in [-0.4, -0.2) is 41.4 Å². The summed E-state index contributed by atoms with van der Waals surface area (Å²) in [5.41, 5.74) is -0.354. The highest BCUT2D eigenvalue weighted by Crippen LogP contribution is 2.26. The third-order valence-corrected chi connectivity index (χ3v) is 4.31. The summed E-state index contributed by atoms with van der Waals surface area (Å²) in [5, 5.41) is 4.86. The number of carbonyl (C=O) groups excluding carboxylic acids is 3. The Morgan fingerprint density at radius 3 is 2.80 bits per heavy atom. The maximum atomic E-state index is 12.4. The molecule has 2 aliphatic rings. The van der Waals surface area contributed by atoms with Crippen LogP contribution in [0.1, 0.15) is 16.8 Å². The SMILES string of the molecule is O=C1NC(=O)C2(CCN(C(=O)c3cccc(I)c3)C2)N1. The van der Waals surface area contributed by atoms with Crippen LogP contribution in [0.2, 0.25) is 0 Å². The molecule has 3 rings (SSSR count). The van der Waals surface area contributed by atoms with Gasteiger partial charge in [0, 0.05) is 15.7 Å². The van der Waals surface area contributed by atoms with Crippen LogP contribution in [-0.2, 0) is 4.79 Å². The summed E-state index contributed by atoms with van der Waals surface area (Å²) in [6.07, 6.45) is 0.445. The van der Waals surface area contributed by atoms with Crippen LogP contribution < -0.4 is 10.6 Å². The van der Waals surface area contributed by atoms with E-state index in [1.165, 1.54) is 0 Å². The molecule has 1 spiro atoms. The summed E-state index contributed by atoms with van der Waals surface area (Å²) < 4.78 is 0.981. The number of imide groups is 1. The molecule has 7 heteroatoms. The molecule has 1 aromatic rings. The summed E-state index contributed by atoms with van der Waals surface area (Å²) in [4.78, 5) is 37.1. The third-order valence-electron chi connectivity index (χ3n) is 3.64. The fraction of sp³-hybridized carbons (Fsp3) is 0.308. The van der Waals surface area contributed by atoms with Crippen molar-refractivity contribution in [2.45, 2.75) is 12.0 Å². The summed E-state index contributed by atoms with van der Waals surface area (Å²) in [7, 11) is 0. The van der Waals surface area contributed by atoms with Crippen LogP contribution in [0.4, 0.5) is 4.79 Å². The molecular weight excluding hydrogens is 373 g/mol. The van der Waals surface area contributed by atoms with E-state index in [0.29, 0.717) is 18.5 Å². The molecule has 2 N–H and O–H groups in total. The van der Waals surface area contributed by atoms with Crippen LogP contribution in [0.25, 0.3) is 0 Å². The Hall–Kier alpha value is -1.64. The maximum Gasteiger partial charge on any atom is 0.322 e. The Balaban J connectivity index is 1.79. The van der Waals surface area contributed by atoms with E-state index >= 15 is 0 Å². The predicted molar refractivity (Wildman–Crippen MR) is 79.1 cm³/mol. The number of hydrogen-bond donors (Lipinski definition) is 2. The van der Waals surface area contributed by atoms with Crippen molar-refractivity contribution in [1.29, 1.82) is 0 Å². The zero-order chi connectivity index (χ0) is 14.3. The van der Waals surface area contributed by atoms with Gasteiger partial charge in [-0.05, 0) is 47.2 Å². The molecule has 2 heterocycles. The van der Waals surface area contributed by atoms with Gasteiger partial charge in [-0.1, -0.05) is 6.07 Å². The number of amides is 4.